The summed E-state index contributed by atoms with van der Waals surface area (Å²) in [7, 11) is -23.3. The number of aromatic amines is 1. The van der Waals surface area contributed by atoms with Crippen molar-refractivity contribution in [3.05, 3.63) is 32.9 Å². The van der Waals surface area contributed by atoms with Gasteiger partial charge < -0.3 is 34.3 Å². The zero-order valence-corrected chi connectivity index (χ0v) is 19.1. The van der Waals surface area contributed by atoms with Crippen molar-refractivity contribution in [3.8, 4) is 0 Å². The molecule has 2 rings (SSSR count). The van der Waals surface area contributed by atoms with E-state index in [1.54, 1.807) is 4.98 Å². The van der Waals surface area contributed by atoms with Crippen LogP contribution >= 0.6 is 31.3 Å². The Morgan fingerprint density at radius 2 is 1.58 bits per heavy atom. The molecule has 0 radical (unpaired) electrons. The number of aliphatic hydroxyl groups is 1. The minimum Gasteiger partial charge on any atom is -0.390 e. The summed E-state index contributed by atoms with van der Waals surface area (Å²) < 4.78 is 78.8. The average molecular weight is 566 g/mol. The molecule has 0 aliphatic carbocycles. The summed E-state index contributed by atoms with van der Waals surface area (Å²) in [6, 6.07) is 0. The lowest BCUT2D eigenvalue weighted by atomic mass is 10.2. The van der Waals surface area contributed by atoms with E-state index in [4.69, 9.17) is 19.4 Å². The summed E-state index contributed by atoms with van der Waals surface area (Å²) in [5.74, 6) is -1.36. The largest absolute Gasteiger partial charge is 0.490 e. The predicted molar refractivity (Wildman–Crippen MR) is 96.5 cm³/mol. The second-order valence-corrected chi connectivity index (χ2v) is 12.0. The van der Waals surface area contributed by atoms with E-state index in [9.17, 15) is 47.1 Å². The maximum Gasteiger partial charge on any atom is 0.490 e. The number of nitrogens with one attached hydrogen (secondary N) is 1. The van der Waals surface area contributed by atoms with Crippen molar-refractivity contribution in [2.75, 3.05) is 6.61 Å². The highest BCUT2D eigenvalue weighted by atomic mass is 31.3. The molecule has 1 aliphatic rings. The van der Waals surface area contributed by atoms with Crippen molar-refractivity contribution < 1.29 is 74.4 Å². The summed E-state index contributed by atoms with van der Waals surface area (Å²) in [5.41, 5.74) is -2.43. The molecule has 33 heavy (non-hydrogen) atoms. The van der Waals surface area contributed by atoms with Gasteiger partial charge in [-0.15, -0.1) is 0 Å². The van der Waals surface area contributed by atoms with Crippen molar-refractivity contribution in [3.63, 3.8) is 0 Å². The van der Waals surface area contributed by atoms with E-state index in [-0.39, 0.29) is 0 Å². The van der Waals surface area contributed by atoms with Gasteiger partial charge in [-0.05, 0) is 0 Å². The number of hydrogen-bond acceptors (Lipinski definition) is 12. The van der Waals surface area contributed by atoms with Gasteiger partial charge in [-0.25, -0.2) is 23.1 Å². The van der Waals surface area contributed by atoms with Crippen LogP contribution in [-0.4, -0.2) is 57.9 Å². The van der Waals surface area contributed by atoms with Crippen molar-refractivity contribution in [2.24, 2.45) is 0 Å². The van der Waals surface area contributed by atoms with E-state index in [1.165, 1.54) is 0 Å². The highest BCUT2D eigenvalue weighted by Gasteiger charge is 2.46. The van der Waals surface area contributed by atoms with E-state index in [0.29, 0.717) is 10.8 Å². The quantitative estimate of drug-likeness (QED) is 0.163. The lowest BCUT2D eigenvalue weighted by Gasteiger charge is -2.20. The van der Waals surface area contributed by atoms with Gasteiger partial charge in [0.05, 0.1) is 18.9 Å². The molecule has 0 spiro atoms. The van der Waals surface area contributed by atoms with Gasteiger partial charge >= 0.3 is 37.0 Å². The van der Waals surface area contributed by atoms with E-state index >= 15 is 0 Å². The standard InChI is InChI=1S/C9H15FN2O17P4/c10-4-2-12(9(15)11-8(4)14)7-1-5(13)6(26-7)3-25-31(19,20)28-33(23,24)29-32(21,22)27-30(16,17)18/h2,5-7,13H,1,3H2,(H,19,20)(H,21,22)(H,23,24)(H,11,14,15)(H2,16,17,18)/t5-,6+,7+/m0/s1. The third kappa shape index (κ3) is 8.67. The normalized spacial score (nSPS) is 26.9. The lowest BCUT2D eigenvalue weighted by Crippen LogP contribution is -2.34. The SMILES string of the molecule is O=c1[nH]c(=O)n([C@H]2C[C@H](O)[C@@H](COP(=O)(O)OP(=O)(O)OP(=O)(O)OP(=O)(O)O)O2)cc1F. The van der Waals surface area contributed by atoms with Crippen LogP contribution in [0.2, 0.25) is 0 Å². The molecule has 1 fully saturated rings. The van der Waals surface area contributed by atoms with Crippen LogP contribution in [0.4, 0.5) is 4.39 Å². The van der Waals surface area contributed by atoms with Crippen LogP contribution in [0.15, 0.2) is 15.8 Å². The van der Waals surface area contributed by atoms with Crippen molar-refractivity contribution in [2.45, 2.75) is 24.9 Å². The zero-order valence-electron chi connectivity index (χ0n) is 15.5. The summed E-state index contributed by atoms with van der Waals surface area (Å²) in [6.07, 6.45) is -4.31. The Hall–Kier alpha value is -0.910. The molecule has 0 amide bonds. The van der Waals surface area contributed by atoms with E-state index in [2.05, 4.69) is 17.5 Å². The molecule has 1 aliphatic heterocycles. The first-order valence-corrected chi connectivity index (χ1v) is 14.0. The van der Waals surface area contributed by atoms with Gasteiger partial charge in [0.2, 0.25) is 5.82 Å². The van der Waals surface area contributed by atoms with Gasteiger partial charge in [0.1, 0.15) is 12.3 Å². The zero-order chi connectivity index (χ0) is 25.4. The van der Waals surface area contributed by atoms with Crippen LogP contribution in [0.3, 0.4) is 0 Å². The third-order valence-electron chi connectivity index (χ3n) is 3.46. The Kier molecular flexibility index (Phi) is 8.57. The highest BCUT2D eigenvalue weighted by molar-refractivity contribution is 7.69. The smallest absolute Gasteiger partial charge is 0.390 e. The Labute approximate surface area is 180 Å². The summed E-state index contributed by atoms with van der Waals surface area (Å²) >= 11 is 0. The molecule has 1 aromatic rings. The first kappa shape index (κ1) is 28.3. The van der Waals surface area contributed by atoms with Gasteiger partial charge in [-0.1, -0.05) is 0 Å². The molecule has 19 nitrogen and oxygen atoms in total. The first-order valence-electron chi connectivity index (χ1n) is 7.96. The topological polar surface area (TPSA) is 291 Å². The minimum absolute atomic E-state index is 0.398. The number of phosphoric ester groups is 1. The second-order valence-electron chi connectivity index (χ2n) is 6.01. The highest BCUT2D eigenvalue weighted by Crippen LogP contribution is 2.70. The first-order chi connectivity index (χ1) is 14.8. The maximum atomic E-state index is 13.4. The Balaban J connectivity index is 2.01. The summed E-state index contributed by atoms with van der Waals surface area (Å²) in [6.45, 7) is -1.07. The number of ether oxygens (including phenoxy) is 1. The van der Waals surface area contributed by atoms with Crippen LogP contribution in [0.25, 0.3) is 0 Å². The Bertz CT molecular complexity index is 1190. The molecule has 2 heterocycles. The number of H-pyrrole nitrogens is 1. The fourth-order valence-electron chi connectivity index (χ4n) is 2.33. The maximum absolute atomic E-state index is 13.4. The molecule has 3 unspecified atom stereocenters. The van der Waals surface area contributed by atoms with Crippen LogP contribution in [-0.2, 0) is 40.5 Å². The fourth-order valence-corrected chi connectivity index (χ4v) is 6.79. The fraction of sp³-hybridized carbons (Fsp3) is 0.556. The molecule has 6 atom stereocenters. The number of aliphatic hydroxyl groups excluding tert-OH is 1. The monoisotopic (exact) mass is 566 g/mol. The van der Waals surface area contributed by atoms with E-state index in [1.807, 2.05) is 0 Å². The number of phosphoric acid groups is 4. The lowest BCUT2D eigenvalue weighted by molar-refractivity contribution is -0.0452. The van der Waals surface area contributed by atoms with Crippen LogP contribution in [0, 0.1) is 5.82 Å². The van der Waals surface area contributed by atoms with E-state index in [0.717, 1.165) is 0 Å². The Morgan fingerprint density at radius 3 is 2.15 bits per heavy atom. The summed E-state index contributed by atoms with van der Waals surface area (Å²) in [4.78, 5) is 68.9. The van der Waals surface area contributed by atoms with Gasteiger partial charge in [0.15, 0.2) is 0 Å². The number of nitrogens with zero attached hydrogens (tertiary/aromatic N) is 1. The number of aromatic nitrogens is 2. The molecule has 0 bridgehead atoms. The minimum atomic E-state index is -6.02. The molecule has 0 aromatic carbocycles. The molecular formula is C9H15FN2O17P4. The predicted octanol–water partition coefficient (Wildman–Crippen LogP) is -1.22. The van der Waals surface area contributed by atoms with Crippen molar-refractivity contribution >= 4 is 31.3 Å². The van der Waals surface area contributed by atoms with Crippen LogP contribution in [0.5, 0.6) is 0 Å². The van der Waals surface area contributed by atoms with Gasteiger partial charge in [0.25, 0.3) is 5.56 Å². The number of halogens is 1. The van der Waals surface area contributed by atoms with Crippen molar-refractivity contribution in [1.29, 1.82) is 0 Å². The third-order valence-corrected chi connectivity index (χ3v) is 8.92. The van der Waals surface area contributed by atoms with Gasteiger partial charge in [-0.3, -0.25) is 18.9 Å². The molecule has 24 heteroatoms. The number of hydrogen-bond donors (Lipinski definition) is 7. The van der Waals surface area contributed by atoms with E-state index < -0.39 is 79.8 Å². The molecule has 190 valence electrons. The molecule has 1 aromatic heterocycles. The number of rotatable bonds is 10. The average Bonchev–Trinajstić information content (AvgIpc) is 2.92. The van der Waals surface area contributed by atoms with Gasteiger partial charge in [0, 0.05) is 6.42 Å². The molecule has 1 saturated heterocycles. The Morgan fingerprint density at radius 1 is 1.03 bits per heavy atom. The van der Waals surface area contributed by atoms with Crippen molar-refractivity contribution in [1.82, 2.24) is 9.55 Å². The second kappa shape index (κ2) is 9.99. The van der Waals surface area contributed by atoms with Crippen LogP contribution in [0.1, 0.15) is 12.6 Å². The molecular weight excluding hydrogens is 551 g/mol. The molecule has 0 saturated carbocycles. The summed E-state index contributed by atoms with van der Waals surface area (Å²) in [5, 5.41) is 9.94. The molecule has 7 N–H and O–H groups in total. The van der Waals surface area contributed by atoms with Gasteiger partial charge in [-0.2, -0.15) is 17.3 Å². The van der Waals surface area contributed by atoms with Crippen LogP contribution < -0.4 is 11.2 Å².